The second kappa shape index (κ2) is 40.3. The first-order valence-corrected chi connectivity index (χ1v) is 32.7. The fourth-order valence-corrected chi connectivity index (χ4v) is 10.1. The summed E-state index contributed by atoms with van der Waals surface area (Å²) in [5.74, 6) is 5.06. The monoisotopic (exact) mass is 1400 g/mol. The largest absolute Gasteiger partial charge is 0.481 e. The Balaban J connectivity index is 0.000000231. The normalized spacial score (nSPS) is 10.6. The molecule has 0 aliphatic heterocycles. The van der Waals surface area contributed by atoms with E-state index >= 15 is 0 Å². The summed E-state index contributed by atoms with van der Waals surface area (Å²) in [6, 6.07) is 31.6. The summed E-state index contributed by atoms with van der Waals surface area (Å²) in [4.78, 5) is 144. The van der Waals surface area contributed by atoms with E-state index in [0.717, 1.165) is 105 Å². The number of carboxylic acid groups (broad SMARTS) is 1. The fraction of sp³-hybridized carbons (Fsp3) is 0.352. The van der Waals surface area contributed by atoms with E-state index in [0.29, 0.717) is 73.9 Å². The molecule has 9 N–H and O–H groups in total. The molecule has 4 aromatic heterocycles. The third-order valence-corrected chi connectivity index (χ3v) is 15.8. The van der Waals surface area contributed by atoms with Crippen molar-refractivity contribution in [2.45, 2.75) is 163 Å². The lowest BCUT2D eigenvalue weighted by Gasteiger charge is -2.07. The molecule has 2 amide bonds. The molecule has 0 aliphatic carbocycles. The number of ketones is 1. The number of nitrogens with zero attached hydrogens (tertiary/aromatic N) is 4. The molecule has 0 bridgehead atoms. The predicted octanol–water partition coefficient (Wildman–Crippen LogP) is 7.85. The highest BCUT2D eigenvalue weighted by molar-refractivity contribution is 9.10. The van der Waals surface area contributed by atoms with Crippen molar-refractivity contribution >= 4 is 51.1 Å². The molecule has 8 aromatic rings. The van der Waals surface area contributed by atoms with Gasteiger partial charge < -0.3 is 21.4 Å². The lowest BCUT2D eigenvalue weighted by atomic mass is 10.0. The van der Waals surface area contributed by atoms with Gasteiger partial charge in [0, 0.05) is 73.6 Å². The highest BCUT2D eigenvalue weighted by Gasteiger charge is 2.09. The minimum atomic E-state index is -0.753. The average molecular weight is 1400 g/mol. The molecule has 0 saturated heterocycles. The standard InChI is InChI=1S/C19H20N2O3.C18H23N3O3.C17H20BrN3O3.C17H19ClN2O4/c1-14-12-21(19(24)20-18(14)23)13-17-10-8-16(9-11-17)7-5-3-4-6-15(2)22;1-13-11-21(18(24)20-17(13)23)12-15-9-7-14(8-10-15)5-3-2-4-6-16(19)22;18-14-11-21(17(24)20-16(14)23)10-13-8-6-12(7-9-13)4-2-1-3-5-15(19)22;18-14-11-20(17(24)19-16(14)23)10-13-8-6-12(7-9-13)4-2-1-3-5-15(21)22/h8-12H,3-4,6,13H2,1-2H3,(H,20,23,24);7-11H,2-6,12H2,1H3,(H2,19,22)(H,20,23,24);6-9,11H,1-5,10H2,(H2,19,22)(H,20,23,24);6-9,11H,1-5,10H2,(H,21,22)(H,19,23,24). The van der Waals surface area contributed by atoms with Crippen LogP contribution >= 0.6 is 27.5 Å². The molecule has 0 spiro atoms. The SMILES string of the molecule is CC(=O)CCCC#Cc1ccc(Cn2cc(C)c(=O)[nH]c2=O)cc1.Cc1cn(Cc2ccc(CCCCCC(N)=O)cc2)c(=O)[nH]c1=O.NC(=O)CCCCCc1ccc(Cn2cc(Br)c(=O)[nH]c2=O)cc1.O=C(O)CCCCCc1ccc(Cn2cc(Cl)c(=O)[nH]c2=O)cc1. The minimum Gasteiger partial charge on any atom is -0.481 e. The number of halogens is 2. The van der Waals surface area contributed by atoms with Crippen molar-refractivity contribution in [2.75, 3.05) is 0 Å². The zero-order valence-electron chi connectivity index (χ0n) is 54.1. The van der Waals surface area contributed by atoms with Crippen LogP contribution in [-0.2, 0) is 64.6 Å². The number of hydrogen-bond acceptors (Lipinski definition) is 12. The van der Waals surface area contributed by atoms with Gasteiger partial charge >= 0.3 is 28.7 Å². The molecule has 8 rings (SSSR count). The molecule has 0 radical (unpaired) electrons. The minimum absolute atomic E-state index is 0.0208. The summed E-state index contributed by atoms with van der Waals surface area (Å²) in [6.45, 7) is 6.47. The first-order valence-electron chi connectivity index (χ1n) is 31.5. The molecule has 4 heterocycles. The molecule has 23 nitrogen and oxygen atoms in total. The van der Waals surface area contributed by atoms with Gasteiger partial charge in [0.2, 0.25) is 11.8 Å². The van der Waals surface area contributed by atoms with Crippen LogP contribution in [0.5, 0.6) is 0 Å². The first kappa shape index (κ1) is 76.7. The number of carboxylic acids is 1. The van der Waals surface area contributed by atoms with Gasteiger partial charge in [-0.15, -0.1) is 0 Å². The van der Waals surface area contributed by atoms with Crippen LogP contribution in [0.25, 0.3) is 0 Å². The number of H-pyrrole nitrogens is 4. The molecule has 25 heteroatoms. The molecule has 0 saturated carbocycles. The molecule has 0 unspecified atom stereocenters. The number of primary amides is 2. The van der Waals surface area contributed by atoms with Crippen LogP contribution in [0.2, 0.25) is 5.02 Å². The highest BCUT2D eigenvalue weighted by Crippen LogP contribution is 2.15. The van der Waals surface area contributed by atoms with Crippen LogP contribution in [0.3, 0.4) is 0 Å². The van der Waals surface area contributed by atoms with Crippen LogP contribution < -0.4 is 56.5 Å². The molecule has 508 valence electrons. The van der Waals surface area contributed by atoms with E-state index in [4.69, 9.17) is 28.2 Å². The van der Waals surface area contributed by atoms with Crippen molar-refractivity contribution in [2.24, 2.45) is 11.5 Å². The van der Waals surface area contributed by atoms with Crippen molar-refractivity contribution in [3.63, 3.8) is 0 Å². The van der Waals surface area contributed by atoms with Crippen molar-refractivity contribution in [1.29, 1.82) is 0 Å². The van der Waals surface area contributed by atoms with Gasteiger partial charge in [-0.25, -0.2) is 19.2 Å². The van der Waals surface area contributed by atoms with Gasteiger partial charge in [0.1, 0.15) is 10.8 Å². The van der Waals surface area contributed by atoms with Gasteiger partial charge in [-0.3, -0.25) is 71.8 Å². The molecule has 0 atom stereocenters. The molecule has 0 aliphatic rings. The van der Waals surface area contributed by atoms with Gasteiger partial charge in [-0.1, -0.05) is 128 Å². The van der Waals surface area contributed by atoms with E-state index in [1.165, 1.54) is 47.4 Å². The Morgan fingerprint density at radius 2 is 0.771 bits per heavy atom. The number of rotatable bonds is 29. The van der Waals surface area contributed by atoms with Crippen LogP contribution in [0.1, 0.15) is 159 Å². The Hall–Kier alpha value is -9.99. The Labute approximate surface area is 566 Å². The predicted molar refractivity (Wildman–Crippen MR) is 374 cm³/mol. The molecule has 96 heavy (non-hydrogen) atoms. The van der Waals surface area contributed by atoms with Crippen molar-refractivity contribution in [3.05, 3.63) is 270 Å². The zero-order chi connectivity index (χ0) is 70.1. The number of aromatic amines is 4. The van der Waals surface area contributed by atoms with Crippen molar-refractivity contribution in [1.82, 2.24) is 38.2 Å². The summed E-state index contributed by atoms with van der Waals surface area (Å²) >= 11 is 8.86. The third-order valence-electron chi connectivity index (χ3n) is 14.9. The third kappa shape index (κ3) is 28.7. The van der Waals surface area contributed by atoms with E-state index in [-0.39, 0.29) is 40.2 Å². The second-order valence-electron chi connectivity index (χ2n) is 23.1. The fourth-order valence-electron chi connectivity index (χ4n) is 9.57. The Morgan fingerprint density at radius 1 is 0.438 bits per heavy atom. The van der Waals surface area contributed by atoms with Crippen LogP contribution in [0.4, 0.5) is 0 Å². The molecular weight excluding hydrogens is 1320 g/mol. The maximum atomic E-state index is 11.8. The van der Waals surface area contributed by atoms with Crippen LogP contribution in [0.15, 0.2) is 165 Å². The van der Waals surface area contributed by atoms with Gasteiger partial charge in [0.05, 0.1) is 30.7 Å². The number of nitrogens with two attached hydrogens (primary N) is 2. The Bertz CT molecular complexity index is 4130. The Kier molecular flexibility index (Phi) is 32.2. The lowest BCUT2D eigenvalue weighted by molar-refractivity contribution is -0.137. The maximum absolute atomic E-state index is 11.8. The van der Waals surface area contributed by atoms with E-state index in [1.807, 2.05) is 97.1 Å². The number of benzene rings is 4. The quantitative estimate of drug-likeness (QED) is 0.0174. The van der Waals surface area contributed by atoms with E-state index in [1.54, 1.807) is 33.2 Å². The molecule has 4 aromatic carbocycles. The van der Waals surface area contributed by atoms with Crippen LogP contribution in [0, 0.1) is 25.7 Å². The zero-order valence-corrected chi connectivity index (χ0v) is 56.5. The number of nitrogens with one attached hydrogen (secondary N) is 4. The number of hydrogen-bond donors (Lipinski definition) is 7. The van der Waals surface area contributed by atoms with Gasteiger partial charge in [-0.05, 0) is 152 Å². The molecule has 0 fully saturated rings. The number of Topliss-reactive ketones (excluding diaryl/α,β-unsaturated/α-hetero) is 1. The van der Waals surface area contributed by atoms with E-state index in [9.17, 15) is 57.5 Å². The highest BCUT2D eigenvalue weighted by atomic mass is 79.9. The van der Waals surface area contributed by atoms with E-state index in [2.05, 4.69) is 47.7 Å². The number of aliphatic carboxylic acids is 1. The average Bonchev–Trinajstić information content (AvgIpc) is 3.25. The summed E-state index contributed by atoms with van der Waals surface area (Å²) < 4.78 is 6.10. The summed E-state index contributed by atoms with van der Waals surface area (Å²) in [5, 5.41) is 8.56. The summed E-state index contributed by atoms with van der Waals surface area (Å²) in [7, 11) is 0. The maximum Gasteiger partial charge on any atom is 0.328 e. The number of carbonyl (C=O) groups is 4. The summed E-state index contributed by atoms with van der Waals surface area (Å²) in [6.07, 6.45) is 20.1. The van der Waals surface area contributed by atoms with Gasteiger partial charge in [0.25, 0.3) is 22.2 Å². The van der Waals surface area contributed by atoms with Crippen molar-refractivity contribution < 1.29 is 24.3 Å². The van der Waals surface area contributed by atoms with Crippen LogP contribution in [-0.4, -0.2) is 66.9 Å². The number of aryl methyl sites for hydroxylation is 5. The Morgan fingerprint density at radius 3 is 1.15 bits per heavy atom. The van der Waals surface area contributed by atoms with Gasteiger partial charge in [0.15, 0.2) is 0 Å². The first-order chi connectivity index (χ1) is 45.8. The number of carbonyl (C=O) groups excluding carboxylic acids is 3. The van der Waals surface area contributed by atoms with Gasteiger partial charge in [-0.2, -0.15) is 0 Å². The lowest BCUT2D eigenvalue weighted by Crippen LogP contribution is -2.31. The number of amides is 2. The summed E-state index contributed by atoms with van der Waals surface area (Å²) in [5.41, 5.74) is 16.1. The number of aromatic nitrogens is 8. The molecular formula is C71H82BrClN10O13. The second-order valence-corrected chi connectivity index (χ2v) is 24.4. The topological polar surface area (TPSA) is 360 Å². The van der Waals surface area contributed by atoms with Crippen molar-refractivity contribution in [3.8, 4) is 11.8 Å². The number of unbranched alkanes of at least 4 members (excludes halogenated alkanes) is 7. The smallest absolute Gasteiger partial charge is 0.328 e. The van der Waals surface area contributed by atoms with E-state index < -0.39 is 39.8 Å².